The number of aromatic nitrogens is 3. The Balaban J connectivity index is 2.52. The minimum Gasteiger partial charge on any atom is -0.490 e. The summed E-state index contributed by atoms with van der Waals surface area (Å²) in [6.45, 7) is 2.44. The largest absolute Gasteiger partial charge is 0.490 e. The molecule has 0 radical (unpaired) electrons. The monoisotopic (exact) mass is 292 g/mol. The summed E-state index contributed by atoms with van der Waals surface area (Å²) < 4.78 is 6.85. The average molecular weight is 292 g/mol. The highest BCUT2D eigenvalue weighted by molar-refractivity contribution is 5.63. The van der Waals surface area contributed by atoms with Crippen molar-refractivity contribution in [1.82, 2.24) is 14.8 Å². The number of nitro benzene ring substituents is 1. The molecule has 8 heteroatoms. The van der Waals surface area contributed by atoms with E-state index in [1.54, 1.807) is 16.7 Å². The predicted molar refractivity (Wildman–Crippen MR) is 74.9 cm³/mol. The lowest BCUT2D eigenvalue weighted by molar-refractivity contribution is -0.385. The molecule has 0 bridgehead atoms. The van der Waals surface area contributed by atoms with Gasteiger partial charge < -0.3 is 14.4 Å². The molecule has 2 aromatic rings. The first kappa shape index (κ1) is 14.9. The van der Waals surface area contributed by atoms with E-state index in [1.165, 1.54) is 13.2 Å². The van der Waals surface area contributed by atoms with E-state index in [0.717, 1.165) is 6.42 Å². The van der Waals surface area contributed by atoms with Crippen molar-refractivity contribution in [2.24, 2.45) is 0 Å². The molecular weight excluding hydrogens is 276 g/mol. The van der Waals surface area contributed by atoms with Gasteiger partial charge in [0.1, 0.15) is 6.61 Å². The van der Waals surface area contributed by atoms with Gasteiger partial charge in [0, 0.05) is 18.2 Å². The molecule has 0 spiro atoms. The molecule has 0 amide bonds. The van der Waals surface area contributed by atoms with Crippen LogP contribution < -0.4 is 4.74 Å². The number of ether oxygens (including phenoxy) is 1. The van der Waals surface area contributed by atoms with Gasteiger partial charge in [-0.15, -0.1) is 10.2 Å². The number of aliphatic hydroxyl groups is 1. The molecule has 0 aliphatic heterocycles. The number of rotatable bonds is 6. The first-order chi connectivity index (χ1) is 10.1. The minimum absolute atomic E-state index is 0.106. The van der Waals surface area contributed by atoms with Gasteiger partial charge in [0.15, 0.2) is 17.4 Å². The third-order valence-electron chi connectivity index (χ3n) is 3.05. The predicted octanol–water partition coefficient (Wildman–Crippen LogP) is 1.76. The third-order valence-corrected chi connectivity index (χ3v) is 3.05. The van der Waals surface area contributed by atoms with Crippen LogP contribution in [0.5, 0.6) is 5.75 Å². The zero-order chi connectivity index (χ0) is 15.4. The van der Waals surface area contributed by atoms with Gasteiger partial charge in [-0.25, -0.2) is 0 Å². The molecular formula is C13H16N4O4. The van der Waals surface area contributed by atoms with Crippen LogP contribution >= 0.6 is 0 Å². The highest BCUT2D eigenvalue weighted by Gasteiger charge is 2.18. The maximum Gasteiger partial charge on any atom is 0.310 e. The maximum atomic E-state index is 10.9. The lowest BCUT2D eigenvalue weighted by Crippen LogP contribution is -2.05. The molecule has 21 heavy (non-hydrogen) atoms. The van der Waals surface area contributed by atoms with Crippen molar-refractivity contribution in [2.45, 2.75) is 26.5 Å². The van der Waals surface area contributed by atoms with E-state index >= 15 is 0 Å². The number of nitro groups is 1. The molecule has 0 saturated carbocycles. The topological polar surface area (TPSA) is 103 Å². The highest BCUT2D eigenvalue weighted by atomic mass is 16.6. The second-order valence-electron chi connectivity index (χ2n) is 4.39. The van der Waals surface area contributed by atoms with Gasteiger partial charge in [0.05, 0.1) is 12.0 Å². The number of nitrogens with zero attached hydrogens (tertiary/aromatic N) is 4. The second kappa shape index (κ2) is 6.31. The number of benzene rings is 1. The number of hydrogen-bond donors (Lipinski definition) is 1. The fourth-order valence-corrected chi connectivity index (χ4v) is 2.09. The van der Waals surface area contributed by atoms with Crippen LogP contribution in [0.1, 0.15) is 19.2 Å². The summed E-state index contributed by atoms with van der Waals surface area (Å²) in [7, 11) is 1.38. The SMILES string of the molecule is CCCn1c(CO)nnc1-c1ccc([N+](=O)[O-])c(OC)c1. The fourth-order valence-electron chi connectivity index (χ4n) is 2.09. The van der Waals surface area contributed by atoms with E-state index in [4.69, 9.17) is 4.74 Å². The summed E-state index contributed by atoms with van der Waals surface area (Å²) in [4.78, 5) is 10.4. The van der Waals surface area contributed by atoms with Gasteiger partial charge in [-0.05, 0) is 18.6 Å². The van der Waals surface area contributed by atoms with Gasteiger partial charge in [0.25, 0.3) is 0 Å². The normalized spacial score (nSPS) is 10.6. The summed E-state index contributed by atoms with van der Waals surface area (Å²) >= 11 is 0. The number of aliphatic hydroxyl groups excluding tert-OH is 1. The summed E-state index contributed by atoms with van der Waals surface area (Å²) in [5, 5.41) is 28.2. The van der Waals surface area contributed by atoms with Crippen LogP contribution in [0.4, 0.5) is 5.69 Å². The van der Waals surface area contributed by atoms with Crippen molar-refractivity contribution < 1.29 is 14.8 Å². The van der Waals surface area contributed by atoms with Crippen molar-refractivity contribution in [2.75, 3.05) is 7.11 Å². The Morgan fingerprint density at radius 1 is 1.43 bits per heavy atom. The van der Waals surface area contributed by atoms with Crippen molar-refractivity contribution in [3.8, 4) is 17.1 Å². The van der Waals surface area contributed by atoms with Crippen LogP contribution in [0.15, 0.2) is 18.2 Å². The number of hydrogen-bond acceptors (Lipinski definition) is 6. The summed E-state index contributed by atoms with van der Waals surface area (Å²) in [5.41, 5.74) is 0.545. The standard InChI is InChI=1S/C13H16N4O4/c1-3-6-16-12(8-18)14-15-13(16)9-4-5-10(17(19)20)11(7-9)21-2/h4-5,7,18H,3,6,8H2,1-2H3. The van der Waals surface area contributed by atoms with E-state index < -0.39 is 4.92 Å². The second-order valence-corrected chi connectivity index (χ2v) is 4.39. The Labute approximate surface area is 121 Å². The van der Waals surface area contributed by atoms with Crippen molar-refractivity contribution in [1.29, 1.82) is 0 Å². The molecule has 112 valence electrons. The molecule has 0 fully saturated rings. The zero-order valence-electron chi connectivity index (χ0n) is 11.8. The summed E-state index contributed by atoms with van der Waals surface area (Å²) in [6, 6.07) is 4.52. The quantitative estimate of drug-likeness (QED) is 0.642. The maximum absolute atomic E-state index is 10.9. The Bertz CT molecular complexity index is 654. The first-order valence-corrected chi connectivity index (χ1v) is 6.48. The molecule has 1 N–H and O–H groups in total. The molecule has 0 aliphatic rings. The summed E-state index contributed by atoms with van der Waals surface area (Å²) in [6.07, 6.45) is 0.849. The van der Waals surface area contributed by atoms with Crippen LogP contribution in [-0.2, 0) is 13.2 Å². The average Bonchev–Trinajstić information content (AvgIpc) is 2.89. The van der Waals surface area contributed by atoms with E-state index in [1.807, 2.05) is 6.92 Å². The van der Waals surface area contributed by atoms with Gasteiger partial charge in [-0.2, -0.15) is 0 Å². The molecule has 1 aromatic carbocycles. The number of methoxy groups -OCH3 is 1. The molecule has 2 rings (SSSR count). The molecule has 8 nitrogen and oxygen atoms in total. The zero-order valence-corrected chi connectivity index (χ0v) is 11.8. The molecule has 1 heterocycles. The molecule has 0 aliphatic carbocycles. The lowest BCUT2D eigenvalue weighted by atomic mass is 10.1. The smallest absolute Gasteiger partial charge is 0.310 e. The van der Waals surface area contributed by atoms with Gasteiger partial charge in [-0.1, -0.05) is 6.92 Å². The first-order valence-electron chi connectivity index (χ1n) is 6.48. The molecule has 1 aromatic heterocycles. The summed E-state index contributed by atoms with van der Waals surface area (Å²) in [5.74, 6) is 1.17. The van der Waals surface area contributed by atoms with Gasteiger partial charge >= 0.3 is 5.69 Å². The van der Waals surface area contributed by atoms with Crippen LogP contribution in [0, 0.1) is 10.1 Å². The van der Waals surface area contributed by atoms with E-state index in [9.17, 15) is 15.2 Å². The Hall–Kier alpha value is -2.48. The molecule has 0 unspecified atom stereocenters. The van der Waals surface area contributed by atoms with E-state index in [0.29, 0.717) is 23.8 Å². The van der Waals surface area contributed by atoms with Gasteiger partial charge in [-0.3, -0.25) is 10.1 Å². The van der Waals surface area contributed by atoms with Crippen LogP contribution in [0.2, 0.25) is 0 Å². The Kier molecular flexibility index (Phi) is 4.49. The van der Waals surface area contributed by atoms with Crippen molar-refractivity contribution in [3.05, 3.63) is 34.1 Å². The van der Waals surface area contributed by atoms with Crippen LogP contribution in [0.3, 0.4) is 0 Å². The molecule has 0 saturated heterocycles. The third kappa shape index (κ3) is 2.84. The van der Waals surface area contributed by atoms with E-state index in [-0.39, 0.29) is 18.0 Å². The fraction of sp³-hybridized carbons (Fsp3) is 0.385. The molecule has 0 atom stereocenters. The van der Waals surface area contributed by atoms with Crippen LogP contribution in [-0.4, -0.2) is 31.9 Å². The Morgan fingerprint density at radius 2 is 2.19 bits per heavy atom. The minimum atomic E-state index is -0.501. The Morgan fingerprint density at radius 3 is 2.76 bits per heavy atom. The van der Waals surface area contributed by atoms with Gasteiger partial charge in [0.2, 0.25) is 0 Å². The van der Waals surface area contributed by atoms with Crippen molar-refractivity contribution >= 4 is 5.69 Å². The highest BCUT2D eigenvalue weighted by Crippen LogP contribution is 2.31. The van der Waals surface area contributed by atoms with E-state index in [2.05, 4.69) is 10.2 Å². The van der Waals surface area contributed by atoms with Crippen molar-refractivity contribution in [3.63, 3.8) is 0 Å². The lowest BCUT2D eigenvalue weighted by Gasteiger charge is -2.09. The van der Waals surface area contributed by atoms with Crippen LogP contribution in [0.25, 0.3) is 11.4 Å².